The number of amides is 1. The minimum atomic E-state index is -1.18. The number of carboxylic acid groups (broad SMARTS) is 1. The fraction of sp³-hybridized carbons (Fsp3) is 0.385. The van der Waals surface area contributed by atoms with Crippen molar-refractivity contribution in [1.82, 2.24) is 4.90 Å². The van der Waals surface area contributed by atoms with Gasteiger partial charge in [0.05, 0.1) is 11.0 Å². The van der Waals surface area contributed by atoms with Crippen molar-refractivity contribution in [2.45, 2.75) is 25.5 Å². The van der Waals surface area contributed by atoms with Crippen LogP contribution in [0.15, 0.2) is 18.2 Å². The van der Waals surface area contributed by atoms with Gasteiger partial charge in [-0.2, -0.15) is 0 Å². The van der Waals surface area contributed by atoms with Gasteiger partial charge in [-0.05, 0) is 18.6 Å². The average Bonchev–Trinajstić information content (AvgIpc) is 2.80. The molecule has 21 heavy (non-hydrogen) atoms. The molecule has 0 bridgehead atoms. The Kier molecular flexibility index (Phi) is 3.90. The van der Waals surface area contributed by atoms with Gasteiger partial charge in [-0.1, -0.05) is 0 Å². The SMILES string of the molecule is Cc1cc([N+](=O)[O-])ccc1C(=O)N1CC(O)C[C@H]1C(=O)O. The van der Waals surface area contributed by atoms with Crippen molar-refractivity contribution < 1.29 is 24.7 Å². The van der Waals surface area contributed by atoms with Gasteiger partial charge in [0.25, 0.3) is 11.6 Å². The molecule has 8 nitrogen and oxygen atoms in total. The number of rotatable bonds is 3. The van der Waals surface area contributed by atoms with E-state index < -0.39 is 28.9 Å². The van der Waals surface area contributed by atoms with E-state index in [1.165, 1.54) is 18.2 Å². The number of carboxylic acids is 1. The van der Waals surface area contributed by atoms with Gasteiger partial charge >= 0.3 is 5.97 Å². The molecule has 1 aliphatic rings. The Morgan fingerprint density at radius 1 is 1.43 bits per heavy atom. The molecule has 1 aromatic carbocycles. The first-order valence-electron chi connectivity index (χ1n) is 6.28. The van der Waals surface area contributed by atoms with Gasteiger partial charge in [0.2, 0.25) is 0 Å². The molecule has 0 spiro atoms. The summed E-state index contributed by atoms with van der Waals surface area (Å²) in [6, 6.07) is 2.68. The predicted octanol–water partition coefficient (Wildman–Crippen LogP) is 0.563. The van der Waals surface area contributed by atoms with Crippen LogP contribution in [0.25, 0.3) is 0 Å². The Bertz CT molecular complexity index is 615. The van der Waals surface area contributed by atoms with Crippen LogP contribution in [0.2, 0.25) is 0 Å². The van der Waals surface area contributed by atoms with E-state index in [0.717, 1.165) is 4.90 Å². The summed E-state index contributed by atoms with van der Waals surface area (Å²) in [5.74, 6) is -1.73. The number of aliphatic hydroxyl groups is 1. The molecule has 1 unspecified atom stereocenters. The number of nitro benzene ring substituents is 1. The maximum atomic E-state index is 12.4. The first-order valence-corrected chi connectivity index (χ1v) is 6.28. The summed E-state index contributed by atoms with van der Waals surface area (Å²) in [5, 5.41) is 29.3. The maximum absolute atomic E-state index is 12.4. The second-order valence-corrected chi connectivity index (χ2v) is 4.96. The lowest BCUT2D eigenvalue weighted by Crippen LogP contribution is -2.40. The van der Waals surface area contributed by atoms with Crippen LogP contribution in [-0.2, 0) is 4.79 Å². The van der Waals surface area contributed by atoms with Crippen molar-refractivity contribution in [2.75, 3.05) is 6.54 Å². The number of carbonyl (C=O) groups is 2. The molecule has 1 aromatic rings. The molecule has 1 heterocycles. The number of aryl methyl sites for hydroxylation is 1. The maximum Gasteiger partial charge on any atom is 0.326 e. The highest BCUT2D eigenvalue weighted by atomic mass is 16.6. The highest BCUT2D eigenvalue weighted by molar-refractivity contribution is 5.98. The monoisotopic (exact) mass is 294 g/mol. The number of aliphatic hydroxyl groups excluding tert-OH is 1. The topological polar surface area (TPSA) is 121 Å². The fourth-order valence-electron chi connectivity index (χ4n) is 2.43. The Morgan fingerprint density at radius 3 is 2.62 bits per heavy atom. The number of likely N-dealkylation sites (tertiary alicyclic amines) is 1. The zero-order chi connectivity index (χ0) is 15.7. The molecule has 2 atom stereocenters. The lowest BCUT2D eigenvalue weighted by atomic mass is 10.1. The molecule has 112 valence electrons. The van der Waals surface area contributed by atoms with Crippen LogP contribution < -0.4 is 0 Å². The minimum absolute atomic E-state index is 0.0207. The van der Waals surface area contributed by atoms with Crippen molar-refractivity contribution in [3.8, 4) is 0 Å². The van der Waals surface area contributed by atoms with Gasteiger partial charge in [0, 0.05) is 30.7 Å². The molecule has 1 saturated heterocycles. The van der Waals surface area contributed by atoms with Crippen LogP contribution >= 0.6 is 0 Å². The first kappa shape index (κ1) is 14.9. The number of β-amino-alcohol motifs (C(OH)–C–C–N with tert-alkyl or cyclic N) is 1. The van der Waals surface area contributed by atoms with Crippen LogP contribution in [0.5, 0.6) is 0 Å². The Morgan fingerprint density at radius 2 is 2.10 bits per heavy atom. The van der Waals surface area contributed by atoms with Crippen LogP contribution in [0.4, 0.5) is 5.69 Å². The summed E-state index contributed by atoms with van der Waals surface area (Å²) in [6.07, 6.45) is -0.902. The molecule has 1 amide bonds. The summed E-state index contributed by atoms with van der Waals surface area (Å²) >= 11 is 0. The van der Waals surface area contributed by atoms with Gasteiger partial charge in [0.1, 0.15) is 6.04 Å². The molecule has 1 fully saturated rings. The fourth-order valence-corrected chi connectivity index (χ4v) is 2.43. The number of carbonyl (C=O) groups excluding carboxylic acids is 1. The lowest BCUT2D eigenvalue weighted by Gasteiger charge is -2.21. The number of nitro groups is 1. The minimum Gasteiger partial charge on any atom is -0.480 e. The lowest BCUT2D eigenvalue weighted by molar-refractivity contribution is -0.384. The normalized spacial score (nSPS) is 21.3. The van der Waals surface area contributed by atoms with Crippen LogP contribution in [-0.4, -0.2) is 50.6 Å². The molecular weight excluding hydrogens is 280 g/mol. The molecule has 0 aromatic heterocycles. The van der Waals surface area contributed by atoms with E-state index in [1.54, 1.807) is 6.92 Å². The van der Waals surface area contributed by atoms with Crippen molar-refractivity contribution in [1.29, 1.82) is 0 Å². The van der Waals surface area contributed by atoms with Gasteiger partial charge in [-0.15, -0.1) is 0 Å². The quantitative estimate of drug-likeness (QED) is 0.620. The summed E-state index contributed by atoms with van der Waals surface area (Å²) < 4.78 is 0. The third kappa shape index (κ3) is 2.84. The molecule has 8 heteroatoms. The van der Waals surface area contributed by atoms with E-state index in [2.05, 4.69) is 0 Å². The number of nitrogens with zero attached hydrogens (tertiary/aromatic N) is 2. The second kappa shape index (κ2) is 5.49. The Balaban J connectivity index is 2.31. The van der Waals surface area contributed by atoms with Crippen molar-refractivity contribution in [2.24, 2.45) is 0 Å². The summed E-state index contributed by atoms with van der Waals surface area (Å²) in [7, 11) is 0. The number of non-ortho nitro benzene ring substituents is 1. The summed E-state index contributed by atoms with van der Waals surface area (Å²) in [5.41, 5.74) is 0.445. The standard InChI is InChI=1S/C13H14N2O6/c1-7-4-8(15(20)21)2-3-10(7)12(17)14-6-9(16)5-11(14)13(18)19/h2-4,9,11,16H,5-6H2,1H3,(H,18,19)/t9?,11-/m0/s1. The van der Waals surface area contributed by atoms with Crippen LogP contribution in [0.3, 0.4) is 0 Å². The van der Waals surface area contributed by atoms with E-state index >= 15 is 0 Å². The highest BCUT2D eigenvalue weighted by Gasteiger charge is 2.39. The molecule has 2 N–H and O–H groups in total. The summed E-state index contributed by atoms with van der Waals surface area (Å²) in [4.78, 5) is 34.7. The Labute approximate surface area is 119 Å². The molecular formula is C13H14N2O6. The Hall–Kier alpha value is -2.48. The van der Waals surface area contributed by atoms with E-state index in [0.29, 0.717) is 5.56 Å². The molecule has 1 aliphatic heterocycles. The zero-order valence-electron chi connectivity index (χ0n) is 11.2. The predicted molar refractivity (Wildman–Crippen MR) is 70.9 cm³/mol. The number of benzene rings is 1. The largest absolute Gasteiger partial charge is 0.480 e. The third-order valence-electron chi connectivity index (χ3n) is 3.48. The number of aliphatic carboxylic acids is 1. The molecule has 0 saturated carbocycles. The van der Waals surface area contributed by atoms with Crippen molar-refractivity contribution in [3.63, 3.8) is 0 Å². The molecule has 2 rings (SSSR count). The van der Waals surface area contributed by atoms with E-state index in [4.69, 9.17) is 5.11 Å². The second-order valence-electron chi connectivity index (χ2n) is 4.96. The van der Waals surface area contributed by atoms with E-state index in [9.17, 15) is 24.8 Å². The number of hydrogen-bond donors (Lipinski definition) is 2. The van der Waals surface area contributed by atoms with Gasteiger partial charge in [0.15, 0.2) is 0 Å². The smallest absolute Gasteiger partial charge is 0.326 e. The molecule has 0 aliphatic carbocycles. The van der Waals surface area contributed by atoms with Gasteiger partial charge in [-0.3, -0.25) is 14.9 Å². The van der Waals surface area contributed by atoms with Crippen LogP contribution in [0.1, 0.15) is 22.3 Å². The van der Waals surface area contributed by atoms with Gasteiger partial charge in [-0.25, -0.2) is 4.79 Å². The van der Waals surface area contributed by atoms with E-state index in [1.807, 2.05) is 0 Å². The van der Waals surface area contributed by atoms with Crippen molar-refractivity contribution >= 4 is 17.6 Å². The number of hydrogen-bond acceptors (Lipinski definition) is 5. The summed E-state index contributed by atoms with van der Waals surface area (Å²) in [6.45, 7) is 1.48. The van der Waals surface area contributed by atoms with Gasteiger partial charge < -0.3 is 15.1 Å². The van der Waals surface area contributed by atoms with E-state index in [-0.39, 0.29) is 24.2 Å². The highest BCUT2D eigenvalue weighted by Crippen LogP contribution is 2.24. The van der Waals surface area contributed by atoms with Crippen LogP contribution in [0, 0.1) is 17.0 Å². The average molecular weight is 294 g/mol. The van der Waals surface area contributed by atoms with Crippen molar-refractivity contribution in [3.05, 3.63) is 39.4 Å². The molecule has 0 radical (unpaired) electrons. The zero-order valence-corrected chi connectivity index (χ0v) is 11.2. The first-order chi connectivity index (χ1) is 9.81. The third-order valence-corrected chi connectivity index (χ3v) is 3.48.